The molecule has 6 nitrogen and oxygen atoms in total. The number of sulfonamides is 1. The van der Waals surface area contributed by atoms with Crippen LogP contribution in [0.25, 0.3) is 11.1 Å². The minimum Gasteiger partial charge on any atom is -0.338 e. The molecule has 0 saturated carbocycles. The normalized spacial score (nSPS) is 15.6. The monoisotopic (exact) mass is 380 g/mol. The smallest absolute Gasteiger partial charge is 0.243 e. The van der Waals surface area contributed by atoms with E-state index >= 15 is 0 Å². The van der Waals surface area contributed by atoms with Gasteiger partial charge in [0.2, 0.25) is 16.0 Å². The van der Waals surface area contributed by atoms with Crippen LogP contribution in [0.4, 0.5) is 5.95 Å². The van der Waals surface area contributed by atoms with Crippen LogP contribution < -0.4 is 4.90 Å². The number of benzene rings is 2. The number of rotatable bonds is 4. The maximum atomic E-state index is 13.0. The Balaban J connectivity index is 1.47. The molecule has 0 unspecified atom stereocenters. The molecule has 0 radical (unpaired) electrons. The lowest BCUT2D eigenvalue weighted by molar-refractivity contribution is 0.382. The summed E-state index contributed by atoms with van der Waals surface area (Å²) in [7, 11) is -3.50. The molecule has 3 aromatic rings. The fourth-order valence-electron chi connectivity index (χ4n) is 3.18. The van der Waals surface area contributed by atoms with Gasteiger partial charge in [0, 0.05) is 38.6 Å². The van der Waals surface area contributed by atoms with Gasteiger partial charge in [-0.25, -0.2) is 18.4 Å². The molecule has 1 saturated heterocycles. The van der Waals surface area contributed by atoms with Crippen LogP contribution in [0.1, 0.15) is 0 Å². The van der Waals surface area contributed by atoms with Gasteiger partial charge in [0.1, 0.15) is 0 Å². The molecule has 0 atom stereocenters. The maximum absolute atomic E-state index is 13.0. The fourth-order valence-corrected chi connectivity index (χ4v) is 4.60. The van der Waals surface area contributed by atoms with E-state index in [0.717, 1.165) is 11.1 Å². The molecule has 7 heteroatoms. The minimum atomic E-state index is -3.50. The van der Waals surface area contributed by atoms with Crippen molar-refractivity contribution in [3.05, 3.63) is 73.1 Å². The van der Waals surface area contributed by atoms with E-state index in [-0.39, 0.29) is 0 Å². The zero-order valence-electron chi connectivity index (χ0n) is 14.8. The second kappa shape index (κ2) is 7.46. The number of anilines is 1. The van der Waals surface area contributed by atoms with Crippen LogP contribution in [-0.4, -0.2) is 48.9 Å². The summed E-state index contributed by atoms with van der Waals surface area (Å²) in [6, 6.07) is 18.8. The van der Waals surface area contributed by atoms with Gasteiger partial charge >= 0.3 is 0 Å². The van der Waals surface area contributed by atoms with Crippen LogP contribution in [0.5, 0.6) is 0 Å². The standard InChI is InChI=1S/C20H20N4O2S/c25-27(26,19-9-7-18(8-10-19)17-5-2-1-3-6-17)24-15-13-23(14-16-24)20-21-11-4-12-22-20/h1-12H,13-16H2. The maximum Gasteiger partial charge on any atom is 0.243 e. The summed E-state index contributed by atoms with van der Waals surface area (Å²) in [5.41, 5.74) is 2.07. The summed E-state index contributed by atoms with van der Waals surface area (Å²) in [5.74, 6) is 0.641. The predicted octanol–water partition coefficient (Wildman–Crippen LogP) is 2.65. The third-order valence-electron chi connectivity index (χ3n) is 4.67. The number of piperazine rings is 1. The van der Waals surface area contributed by atoms with Crippen molar-refractivity contribution in [3.63, 3.8) is 0 Å². The lowest BCUT2D eigenvalue weighted by atomic mass is 10.1. The predicted molar refractivity (Wildman–Crippen MR) is 105 cm³/mol. The molecular formula is C20H20N4O2S. The molecule has 138 valence electrons. The topological polar surface area (TPSA) is 66.4 Å². The van der Waals surface area contributed by atoms with Crippen molar-refractivity contribution in [2.24, 2.45) is 0 Å². The van der Waals surface area contributed by atoms with E-state index in [2.05, 4.69) is 9.97 Å². The van der Waals surface area contributed by atoms with Gasteiger partial charge in [0.15, 0.2) is 0 Å². The molecule has 0 aliphatic carbocycles. The quantitative estimate of drug-likeness (QED) is 0.696. The third kappa shape index (κ3) is 3.70. The van der Waals surface area contributed by atoms with Gasteiger partial charge in [-0.15, -0.1) is 0 Å². The summed E-state index contributed by atoms with van der Waals surface area (Å²) in [6.45, 7) is 1.98. The average molecular weight is 380 g/mol. The van der Waals surface area contributed by atoms with Gasteiger partial charge < -0.3 is 4.90 Å². The Morgan fingerprint density at radius 2 is 1.30 bits per heavy atom. The van der Waals surface area contributed by atoms with Gasteiger partial charge in [-0.1, -0.05) is 42.5 Å². The second-order valence-corrected chi connectivity index (χ2v) is 8.27. The summed E-state index contributed by atoms with van der Waals surface area (Å²) < 4.78 is 27.4. The van der Waals surface area contributed by atoms with Crippen molar-refractivity contribution in [2.75, 3.05) is 31.1 Å². The van der Waals surface area contributed by atoms with E-state index in [1.54, 1.807) is 30.6 Å². The first kappa shape index (κ1) is 17.6. The van der Waals surface area contributed by atoms with Gasteiger partial charge in [-0.05, 0) is 29.3 Å². The molecule has 1 aliphatic rings. The first-order valence-electron chi connectivity index (χ1n) is 8.82. The molecular weight excluding hydrogens is 360 g/mol. The van der Waals surface area contributed by atoms with Crippen LogP contribution >= 0.6 is 0 Å². The first-order valence-corrected chi connectivity index (χ1v) is 10.3. The van der Waals surface area contributed by atoms with Gasteiger partial charge in [0.25, 0.3) is 0 Å². The van der Waals surface area contributed by atoms with Crippen molar-refractivity contribution in [3.8, 4) is 11.1 Å². The molecule has 0 spiro atoms. The zero-order valence-corrected chi connectivity index (χ0v) is 15.6. The Bertz CT molecular complexity index is 985. The van der Waals surface area contributed by atoms with Crippen molar-refractivity contribution in [1.82, 2.24) is 14.3 Å². The Morgan fingerprint density at radius 3 is 1.93 bits per heavy atom. The van der Waals surface area contributed by atoms with E-state index < -0.39 is 10.0 Å². The van der Waals surface area contributed by atoms with E-state index in [0.29, 0.717) is 37.0 Å². The van der Waals surface area contributed by atoms with Crippen LogP contribution in [0.15, 0.2) is 78.0 Å². The lowest BCUT2D eigenvalue weighted by Gasteiger charge is -2.33. The Labute approximate surface area is 159 Å². The zero-order chi connectivity index (χ0) is 18.7. The molecule has 27 heavy (non-hydrogen) atoms. The minimum absolute atomic E-state index is 0.326. The van der Waals surface area contributed by atoms with Crippen molar-refractivity contribution >= 4 is 16.0 Å². The fraction of sp³-hybridized carbons (Fsp3) is 0.200. The van der Waals surface area contributed by atoms with Crippen LogP contribution in [0, 0.1) is 0 Å². The molecule has 0 bridgehead atoms. The molecule has 1 aliphatic heterocycles. The molecule has 1 fully saturated rings. The van der Waals surface area contributed by atoms with Crippen molar-refractivity contribution in [1.29, 1.82) is 0 Å². The first-order chi connectivity index (χ1) is 13.1. The highest BCUT2D eigenvalue weighted by Crippen LogP contribution is 2.24. The molecule has 1 aromatic heterocycles. The summed E-state index contributed by atoms with van der Waals surface area (Å²) in [6.07, 6.45) is 3.39. The molecule has 2 heterocycles. The van der Waals surface area contributed by atoms with Crippen LogP contribution in [0.3, 0.4) is 0 Å². The van der Waals surface area contributed by atoms with E-state index in [1.807, 2.05) is 47.4 Å². The Morgan fingerprint density at radius 1 is 0.704 bits per heavy atom. The molecule has 0 amide bonds. The lowest BCUT2D eigenvalue weighted by Crippen LogP contribution is -2.49. The molecule has 4 rings (SSSR count). The van der Waals surface area contributed by atoms with E-state index in [9.17, 15) is 8.42 Å². The highest BCUT2D eigenvalue weighted by atomic mass is 32.2. The molecule has 0 N–H and O–H groups in total. The number of hydrogen-bond donors (Lipinski definition) is 0. The number of hydrogen-bond acceptors (Lipinski definition) is 5. The summed E-state index contributed by atoms with van der Waals surface area (Å²) >= 11 is 0. The van der Waals surface area contributed by atoms with Crippen LogP contribution in [0.2, 0.25) is 0 Å². The second-order valence-electron chi connectivity index (χ2n) is 6.33. The Hall–Kier alpha value is -2.77. The highest BCUT2D eigenvalue weighted by molar-refractivity contribution is 7.89. The SMILES string of the molecule is O=S(=O)(c1ccc(-c2ccccc2)cc1)N1CCN(c2ncccn2)CC1. The largest absolute Gasteiger partial charge is 0.338 e. The van der Waals surface area contributed by atoms with E-state index in [1.165, 1.54) is 4.31 Å². The Kier molecular flexibility index (Phi) is 4.87. The number of nitrogens with zero attached hydrogens (tertiary/aromatic N) is 4. The van der Waals surface area contributed by atoms with Gasteiger partial charge in [-0.2, -0.15) is 4.31 Å². The third-order valence-corrected chi connectivity index (χ3v) is 6.59. The molecule has 2 aromatic carbocycles. The van der Waals surface area contributed by atoms with E-state index in [4.69, 9.17) is 0 Å². The number of aromatic nitrogens is 2. The van der Waals surface area contributed by atoms with Crippen LogP contribution in [-0.2, 0) is 10.0 Å². The van der Waals surface area contributed by atoms with Gasteiger partial charge in [0.05, 0.1) is 4.90 Å². The average Bonchev–Trinajstić information content (AvgIpc) is 2.75. The van der Waals surface area contributed by atoms with Crippen molar-refractivity contribution < 1.29 is 8.42 Å². The summed E-state index contributed by atoms with van der Waals surface area (Å²) in [4.78, 5) is 10.8. The summed E-state index contributed by atoms with van der Waals surface area (Å²) in [5, 5.41) is 0. The highest BCUT2D eigenvalue weighted by Gasteiger charge is 2.29. The van der Waals surface area contributed by atoms with Gasteiger partial charge in [-0.3, -0.25) is 0 Å². The van der Waals surface area contributed by atoms with Crippen molar-refractivity contribution in [2.45, 2.75) is 4.90 Å².